The summed E-state index contributed by atoms with van der Waals surface area (Å²) in [5.74, 6) is -0.667. The molecule has 0 atom stereocenters. The highest BCUT2D eigenvalue weighted by Gasteiger charge is 2.30. The van der Waals surface area contributed by atoms with E-state index in [2.05, 4.69) is 20.2 Å². The number of sulfonamides is 1. The first-order valence-corrected chi connectivity index (χ1v) is 9.59. The molecule has 142 valence electrons. The molecular formula is C14H15F3N4O3S2. The lowest BCUT2D eigenvalue weighted by Gasteiger charge is -2.09. The molecule has 0 fully saturated rings. The molecule has 0 aliphatic rings. The molecule has 0 bridgehead atoms. The van der Waals surface area contributed by atoms with Gasteiger partial charge in [-0.3, -0.25) is 4.79 Å². The van der Waals surface area contributed by atoms with Crippen molar-refractivity contribution in [2.24, 2.45) is 5.92 Å². The summed E-state index contributed by atoms with van der Waals surface area (Å²) in [6.07, 6.45) is -4.52. The van der Waals surface area contributed by atoms with Gasteiger partial charge in [0.2, 0.25) is 15.4 Å². The Kier molecular flexibility index (Phi) is 5.98. The predicted octanol–water partition coefficient (Wildman–Crippen LogP) is 2.63. The Morgan fingerprint density at radius 3 is 2.58 bits per heavy atom. The Morgan fingerprint density at radius 1 is 1.27 bits per heavy atom. The fourth-order valence-corrected chi connectivity index (χ4v) is 3.68. The molecule has 7 nitrogen and oxygen atoms in total. The average molecular weight is 408 g/mol. The smallest absolute Gasteiger partial charge is 0.300 e. The van der Waals surface area contributed by atoms with Crippen LogP contribution in [0.5, 0.6) is 0 Å². The van der Waals surface area contributed by atoms with Gasteiger partial charge in [-0.25, -0.2) is 13.1 Å². The third kappa shape index (κ3) is 5.22. The number of alkyl halides is 3. The van der Waals surface area contributed by atoms with Crippen LogP contribution in [0.3, 0.4) is 0 Å². The van der Waals surface area contributed by atoms with Crippen LogP contribution < -0.4 is 10.0 Å². The molecule has 0 aliphatic carbocycles. The number of carbonyl (C=O) groups is 1. The van der Waals surface area contributed by atoms with Crippen molar-refractivity contribution in [3.05, 3.63) is 35.4 Å². The van der Waals surface area contributed by atoms with Crippen molar-refractivity contribution < 1.29 is 26.4 Å². The minimum Gasteiger partial charge on any atom is -0.300 e. The average Bonchev–Trinajstić information content (AvgIpc) is 3.02. The monoisotopic (exact) mass is 408 g/mol. The van der Waals surface area contributed by atoms with E-state index in [0.29, 0.717) is 11.3 Å². The summed E-state index contributed by atoms with van der Waals surface area (Å²) in [5, 5.41) is 9.50. The zero-order chi connectivity index (χ0) is 19.5. The molecule has 26 heavy (non-hydrogen) atoms. The Morgan fingerprint density at radius 2 is 1.96 bits per heavy atom. The van der Waals surface area contributed by atoms with E-state index in [1.807, 2.05) is 0 Å². The number of amides is 1. The van der Waals surface area contributed by atoms with Crippen LogP contribution >= 0.6 is 11.3 Å². The first-order valence-electron chi connectivity index (χ1n) is 7.29. The van der Waals surface area contributed by atoms with Crippen LogP contribution in [-0.4, -0.2) is 24.5 Å². The van der Waals surface area contributed by atoms with E-state index in [9.17, 15) is 26.4 Å². The van der Waals surface area contributed by atoms with Crippen LogP contribution in [0, 0.1) is 5.92 Å². The van der Waals surface area contributed by atoms with E-state index < -0.39 is 26.1 Å². The van der Waals surface area contributed by atoms with E-state index in [1.54, 1.807) is 13.8 Å². The summed E-state index contributed by atoms with van der Waals surface area (Å²) in [5.41, 5.74) is -0.731. The van der Waals surface area contributed by atoms with Crippen LogP contribution in [0.15, 0.2) is 28.6 Å². The van der Waals surface area contributed by atoms with Crippen molar-refractivity contribution >= 4 is 32.4 Å². The van der Waals surface area contributed by atoms with Gasteiger partial charge in [-0.1, -0.05) is 43.4 Å². The zero-order valence-corrected chi connectivity index (χ0v) is 15.3. The van der Waals surface area contributed by atoms with Crippen molar-refractivity contribution in [3.8, 4) is 0 Å². The van der Waals surface area contributed by atoms with Crippen molar-refractivity contribution in [2.45, 2.75) is 30.9 Å². The van der Waals surface area contributed by atoms with Gasteiger partial charge in [0.05, 0.1) is 5.56 Å². The Labute approximate surface area is 151 Å². The quantitative estimate of drug-likeness (QED) is 0.716. The van der Waals surface area contributed by atoms with Gasteiger partial charge in [-0.2, -0.15) is 13.2 Å². The number of hydrogen-bond acceptors (Lipinski definition) is 6. The second-order valence-electron chi connectivity index (χ2n) is 5.54. The van der Waals surface area contributed by atoms with Crippen molar-refractivity contribution in [3.63, 3.8) is 0 Å². The van der Waals surface area contributed by atoms with Gasteiger partial charge in [0.1, 0.15) is 0 Å². The van der Waals surface area contributed by atoms with Crippen LogP contribution in [0.25, 0.3) is 0 Å². The lowest BCUT2D eigenvalue weighted by molar-refractivity contribution is -0.137. The molecule has 1 heterocycles. The summed E-state index contributed by atoms with van der Waals surface area (Å²) in [6.45, 7) is 2.97. The number of hydrogen-bond donors (Lipinski definition) is 2. The van der Waals surface area contributed by atoms with Gasteiger partial charge in [0.25, 0.3) is 10.0 Å². The molecule has 2 N–H and O–H groups in total. The van der Waals surface area contributed by atoms with Crippen LogP contribution in [0.1, 0.15) is 25.0 Å². The lowest BCUT2D eigenvalue weighted by atomic mass is 10.1. The zero-order valence-electron chi connectivity index (χ0n) is 13.7. The molecule has 2 aromatic rings. The highest BCUT2D eigenvalue weighted by Crippen LogP contribution is 2.29. The van der Waals surface area contributed by atoms with Gasteiger partial charge in [-0.15, -0.1) is 10.2 Å². The number of nitrogens with zero attached hydrogens (tertiary/aromatic N) is 2. The topological polar surface area (TPSA) is 101 Å². The second-order valence-corrected chi connectivity index (χ2v) is 8.46. The minimum absolute atomic E-state index is 0.0168. The number of benzene rings is 1. The van der Waals surface area contributed by atoms with Crippen LogP contribution in [0.2, 0.25) is 0 Å². The van der Waals surface area contributed by atoms with Crippen molar-refractivity contribution in [1.82, 2.24) is 14.9 Å². The summed E-state index contributed by atoms with van der Waals surface area (Å²) in [4.78, 5) is 11.6. The summed E-state index contributed by atoms with van der Waals surface area (Å²) < 4.78 is 64.2. The molecule has 12 heteroatoms. The molecule has 0 aliphatic heterocycles. The van der Waals surface area contributed by atoms with Crippen LogP contribution in [-0.2, 0) is 27.5 Å². The van der Waals surface area contributed by atoms with Gasteiger partial charge in [0, 0.05) is 12.5 Å². The lowest BCUT2D eigenvalue weighted by Crippen LogP contribution is -2.23. The summed E-state index contributed by atoms with van der Waals surface area (Å²) >= 11 is 0.643. The second kappa shape index (κ2) is 7.68. The first kappa shape index (κ1) is 20.3. The molecule has 1 amide bonds. The standard InChI is InChI=1S/C14H15F3N4O3S2/c1-8(2)11(22)19-12-20-21-13(25-12)26(23,24)18-7-9-4-3-5-10(6-9)14(15,16)17/h3-6,8,18H,7H2,1-2H3,(H,19,20,22). The molecule has 0 unspecified atom stereocenters. The summed E-state index contributed by atoms with van der Waals surface area (Å²) in [7, 11) is -4.08. The molecule has 1 aromatic carbocycles. The molecule has 0 saturated carbocycles. The van der Waals surface area contributed by atoms with Gasteiger partial charge in [-0.05, 0) is 11.6 Å². The predicted molar refractivity (Wildman–Crippen MR) is 88.8 cm³/mol. The Bertz CT molecular complexity index is 895. The number of halogens is 3. The number of carbonyl (C=O) groups excluding carboxylic acids is 1. The highest BCUT2D eigenvalue weighted by atomic mass is 32.2. The fraction of sp³-hybridized carbons (Fsp3) is 0.357. The van der Waals surface area contributed by atoms with Crippen molar-refractivity contribution in [2.75, 3.05) is 5.32 Å². The van der Waals surface area contributed by atoms with Gasteiger partial charge < -0.3 is 5.32 Å². The summed E-state index contributed by atoms with van der Waals surface area (Å²) in [6, 6.07) is 4.31. The molecule has 2 rings (SSSR count). The first-order chi connectivity index (χ1) is 12.0. The minimum atomic E-state index is -4.52. The van der Waals surface area contributed by atoms with Gasteiger partial charge >= 0.3 is 6.18 Å². The molecule has 0 saturated heterocycles. The molecule has 1 aromatic heterocycles. The molecule has 0 spiro atoms. The number of nitrogens with one attached hydrogen (secondary N) is 2. The maximum absolute atomic E-state index is 12.7. The van der Waals surface area contributed by atoms with Crippen molar-refractivity contribution in [1.29, 1.82) is 0 Å². The SMILES string of the molecule is CC(C)C(=O)Nc1nnc(S(=O)(=O)NCc2cccc(C(F)(F)F)c2)s1. The van der Waals surface area contributed by atoms with E-state index in [1.165, 1.54) is 12.1 Å². The third-order valence-corrected chi connectivity index (χ3v) is 5.72. The normalized spacial score (nSPS) is 12.4. The Balaban J connectivity index is 2.08. The largest absolute Gasteiger partial charge is 0.416 e. The van der Waals surface area contributed by atoms with E-state index in [-0.39, 0.29) is 29.1 Å². The molecular weight excluding hydrogens is 393 g/mol. The third-order valence-electron chi connectivity index (χ3n) is 3.11. The highest BCUT2D eigenvalue weighted by molar-refractivity contribution is 7.91. The van der Waals surface area contributed by atoms with E-state index >= 15 is 0 Å². The fourth-order valence-electron chi connectivity index (χ4n) is 1.72. The van der Waals surface area contributed by atoms with E-state index in [0.717, 1.165) is 12.1 Å². The number of aromatic nitrogens is 2. The van der Waals surface area contributed by atoms with Gasteiger partial charge in [0.15, 0.2) is 0 Å². The van der Waals surface area contributed by atoms with Crippen LogP contribution in [0.4, 0.5) is 18.3 Å². The maximum Gasteiger partial charge on any atom is 0.416 e. The van der Waals surface area contributed by atoms with E-state index in [4.69, 9.17) is 0 Å². The maximum atomic E-state index is 12.7. The number of anilines is 1. The molecule has 0 radical (unpaired) electrons. The number of rotatable bonds is 6. The Hall–Kier alpha value is -2.05.